The fourth-order valence-electron chi connectivity index (χ4n) is 4.31. The summed E-state index contributed by atoms with van der Waals surface area (Å²) in [6, 6.07) is 16.1. The van der Waals surface area contributed by atoms with E-state index in [0.717, 1.165) is 41.4 Å². The molecule has 5 rings (SSSR count). The Kier molecular flexibility index (Phi) is 5.02. The second-order valence-electron chi connectivity index (χ2n) is 8.25. The minimum absolute atomic E-state index is 0.0954. The number of fused-ring (bicyclic) bond motifs is 1. The number of rotatable bonds is 4. The van der Waals surface area contributed by atoms with Crippen molar-refractivity contribution in [3.05, 3.63) is 54.1 Å². The molecular formula is C24H25N5O2. The van der Waals surface area contributed by atoms with Crippen LogP contribution in [-0.4, -0.2) is 43.3 Å². The fraction of sp³-hybridized carbons (Fsp3) is 0.333. The molecule has 1 aliphatic rings. The molecule has 1 atom stereocenters. The summed E-state index contributed by atoms with van der Waals surface area (Å²) in [5, 5.41) is 9.76. The van der Waals surface area contributed by atoms with Gasteiger partial charge >= 0.3 is 0 Å². The Labute approximate surface area is 180 Å². The molecule has 2 aromatic carbocycles. The van der Waals surface area contributed by atoms with Gasteiger partial charge in [-0.15, -0.1) is 0 Å². The molecule has 1 aliphatic heterocycles. The van der Waals surface area contributed by atoms with Crippen LogP contribution in [0.1, 0.15) is 31.7 Å². The minimum Gasteiger partial charge on any atom is -0.338 e. The zero-order valence-electron chi connectivity index (χ0n) is 17.8. The maximum atomic E-state index is 13.0. The van der Waals surface area contributed by atoms with Crippen molar-refractivity contribution in [1.82, 2.24) is 24.8 Å². The predicted octanol–water partition coefficient (Wildman–Crippen LogP) is 4.46. The molecular weight excluding hydrogens is 390 g/mol. The number of likely N-dealkylation sites (tertiary alicyclic amines) is 1. The van der Waals surface area contributed by atoms with Gasteiger partial charge in [0.25, 0.3) is 5.89 Å². The molecule has 0 saturated carbocycles. The molecule has 1 saturated heterocycles. The summed E-state index contributed by atoms with van der Waals surface area (Å²) in [5.74, 6) is 0.971. The van der Waals surface area contributed by atoms with Crippen LogP contribution in [0.5, 0.6) is 0 Å². The zero-order valence-corrected chi connectivity index (χ0v) is 17.8. The van der Waals surface area contributed by atoms with E-state index in [-0.39, 0.29) is 18.5 Å². The number of benzene rings is 2. The van der Waals surface area contributed by atoms with Gasteiger partial charge in [-0.2, -0.15) is 10.1 Å². The molecule has 0 radical (unpaired) electrons. The smallest absolute Gasteiger partial charge is 0.279 e. The largest absolute Gasteiger partial charge is 0.338 e. The molecule has 1 unspecified atom stereocenters. The second kappa shape index (κ2) is 7.98. The van der Waals surface area contributed by atoms with E-state index < -0.39 is 0 Å². The van der Waals surface area contributed by atoms with Crippen LogP contribution >= 0.6 is 0 Å². The molecule has 3 heterocycles. The lowest BCUT2D eigenvalue weighted by atomic mass is 10.0. The highest BCUT2D eigenvalue weighted by molar-refractivity contribution is 5.92. The van der Waals surface area contributed by atoms with Gasteiger partial charge < -0.3 is 9.42 Å². The van der Waals surface area contributed by atoms with Gasteiger partial charge in [0.2, 0.25) is 11.7 Å². The zero-order chi connectivity index (χ0) is 21.4. The summed E-state index contributed by atoms with van der Waals surface area (Å²) < 4.78 is 7.33. The maximum Gasteiger partial charge on any atom is 0.279 e. The molecule has 0 N–H and O–H groups in total. The molecule has 4 aromatic rings. The van der Waals surface area contributed by atoms with E-state index in [1.54, 1.807) is 4.68 Å². The summed E-state index contributed by atoms with van der Waals surface area (Å²) in [5.41, 5.74) is 3.50. The molecule has 0 bridgehead atoms. The summed E-state index contributed by atoms with van der Waals surface area (Å²) in [7, 11) is 0. The number of aryl methyl sites for hydroxylation is 1. The van der Waals surface area contributed by atoms with Gasteiger partial charge in [-0.1, -0.05) is 47.1 Å². The van der Waals surface area contributed by atoms with E-state index in [0.29, 0.717) is 17.4 Å². The van der Waals surface area contributed by atoms with E-state index in [1.807, 2.05) is 60.4 Å². The third kappa shape index (κ3) is 3.71. The van der Waals surface area contributed by atoms with Gasteiger partial charge in [-0.05, 0) is 45.2 Å². The van der Waals surface area contributed by atoms with Gasteiger partial charge in [0.15, 0.2) is 5.69 Å². The van der Waals surface area contributed by atoms with Gasteiger partial charge in [0.1, 0.15) is 6.54 Å². The third-order valence-electron chi connectivity index (χ3n) is 5.97. The number of aromatic nitrogens is 4. The molecule has 0 aliphatic carbocycles. The minimum atomic E-state index is 0.0954. The predicted molar refractivity (Wildman–Crippen MR) is 118 cm³/mol. The van der Waals surface area contributed by atoms with Crippen LogP contribution in [0.15, 0.2) is 53.1 Å². The van der Waals surface area contributed by atoms with Gasteiger partial charge in [-0.25, -0.2) is 0 Å². The highest BCUT2D eigenvalue weighted by Crippen LogP contribution is 2.29. The van der Waals surface area contributed by atoms with Crippen LogP contribution in [0, 0.1) is 6.92 Å². The van der Waals surface area contributed by atoms with E-state index in [1.165, 1.54) is 6.42 Å². The number of amides is 1. The van der Waals surface area contributed by atoms with Gasteiger partial charge in [-0.3, -0.25) is 9.48 Å². The number of hydrogen-bond donors (Lipinski definition) is 0. The fourth-order valence-corrected chi connectivity index (χ4v) is 4.31. The van der Waals surface area contributed by atoms with Gasteiger partial charge in [0, 0.05) is 23.5 Å². The molecule has 1 fully saturated rings. The summed E-state index contributed by atoms with van der Waals surface area (Å²) in [6.07, 6.45) is 3.30. The van der Waals surface area contributed by atoms with E-state index in [9.17, 15) is 4.79 Å². The number of nitrogens with zero attached hydrogens (tertiary/aromatic N) is 5. The average molecular weight is 415 g/mol. The lowest BCUT2D eigenvalue weighted by molar-refractivity contribution is -0.135. The standard InChI is InChI=1S/C24H25N5O2/c1-16-8-7-10-18(14-16)23-25-24(31-27-23)22-19-11-3-4-12-20(19)29(26-22)15-21(30)28-13-6-5-9-17(28)2/h3-4,7-8,10-12,14,17H,5-6,9,13,15H2,1-2H3. The quantitative estimate of drug-likeness (QED) is 0.492. The van der Waals surface area contributed by atoms with Crippen molar-refractivity contribution in [3.8, 4) is 23.0 Å². The third-order valence-corrected chi connectivity index (χ3v) is 5.97. The monoisotopic (exact) mass is 415 g/mol. The topological polar surface area (TPSA) is 77.0 Å². The first-order chi connectivity index (χ1) is 15.1. The Morgan fingerprint density at radius 3 is 2.87 bits per heavy atom. The van der Waals surface area contributed by atoms with Crippen LogP contribution in [-0.2, 0) is 11.3 Å². The normalized spacial score (nSPS) is 16.7. The lowest BCUT2D eigenvalue weighted by Crippen LogP contribution is -2.43. The Bertz CT molecular complexity index is 1240. The van der Waals surface area contributed by atoms with Crippen molar-refractivity contribution in [2.24, 2.45) is 0 Å². The highest BCUT2D eigenvalue weighted by atomic mass is 16.5. The Morgan fingerprint density at radius 2 is 2.03 bits per heavy atom. The Morgan fingerprint density at radius 1 is 1.16 bits per heavy atom. The lowest BCUT2D eigenvalue weighted by Gasteiger charge is -2.33. The number of para-hydroxylation sites is 1. The molecule has 7 nitrogen and oxygen atoms in total. The highest BCUT2D eigenvalue weighted by Gasteiger charge is 2.25. The van der Waals surface area contributed by atoms with Crippen LogP contribution < -0.4 is 0 Å². The van der Waals surface area contributed by atoms with Crippen molar-refractivity contribution in [2.75, 3.05) is 6.54 Å². The van der Waals surface area contributed by atoms with E-state index >= 15 is 0 Å². The van der Waals surface area contributed by atoms with Crippen LogP contribution in [0.25, 0.3) is 33.9 Å². The van der Waals surface area contributed by atoms with Crippen molar-refractivity contribution >= 4 is 16.8 Å². The van der Waals surface area contributed by atoms with Crippen LogP contribution in [0.2, 0.25) is 0 Å². The van der Waals surface area contributed by atoms with Crippen molar-refractivity contribution in [3.63, 3.8) is 0 Å². The van der Waals surface area contributed by atoms with Crippen molar-refractivity contribution < 1.29 is 9.32 Å². The number of carbonyl (C=O) groups is 1. The van der Waals surface area contributed by atoms with Gasteiger partial charge in [0.05, 0.1) is 5.52 Å². The number of piperidine rings is 1. The number of hydrogen-bond acceptors (Lipinski definition) is 5. The first kappa shape index (κ1) is 19.5. The number of carbonyl (C=O) groups excluding carboxylic acids is 1. The molecule has 2 aromatic heterocycles. The first-order valence-corrected chi connectivity index (χ1v) is 10.8. The van der Waals surface area contributed by atoms with Crippen molar-refractivity contribution in [1.29, 1.82) is 0 Å². The second-order valence-corrected chi connectivity index (χ2v) is 8.25. The summed E-state index contributed by atoms with van der Waals surface area (Å²) in [6.45, 7) is 5.16. The summed E-state index contributed by atoms with van der Waals surface area (Å²) >= 11 is 0. The van der Waals surface area contributed by atoms with Crippen LogP contribution in [0.4, 0.5) is 0 Å². The SMILES string of the molecule is Cc1cccc(-c2noc(-c3nn(CC(=O)N4CCCCC4C)c4ccccc34)n2)c1. The van der Waals surface area contributed by atoms with E-state index in [2.05, 4.69) is 17.1 Å². The Balaban J connectivity index is 1.49. The van der Waals surface area contributed by atoms with E-state index in [4.69, 9.17) is 9.62 Å². The maximum absolute atomic E-state index is 13.0. The average Bonchev–Trinajstić information content (AvgIpc) is 3.40. The molecule has 0 spiro atoms. The summed E-state index contributed by atoms with van der Waals surface area (Å²) in [4.78, 5) is 19.6. The Hall–Kier alpha value is -3.48. The molecule has 1 amide bonds. The van der Waals surface area contributed by atoms with Crippen LogP contribution in [0.3, 0.4) is 0 Å². The molecule has 31 heavy (non-hydrogen) atoms. The van der Waals surface area contributed by atoms with Crippen molar-refractivity contribution in [2.45, 2.75) is 45.7 Å². The molecule has 7 heteroatoms. The first-order valence-electron chi connectivity index (χ1n) is 10.8. The molecule has 158 valence electrons.